The number of amides is 1. The molecule has 5 heteroatoms. The predicted octanol–water partition coefficient (Wildman–Crippen LogP) is 6.08. The van der Waals surface area contributed by atoms with Crippen LogP contribution in [0, 0.1) is 11.8 Å². The average Bonchev–Trinajstić information content (AvgIpc) is 3.21. The van der Waals surface area contributed by atoms with E-state index in [-0.39, 0.29) is 18.0 Å². The number of benzene rings is 1. The molecule has 1 aromatic rings. The first-order chi connectivity index (χ1) is 17.5. The molecule has 4 rings (SSSR count). The number of nitrogens with one attached hydrogen (secondary N) is 1. The third kappa shape index (κ3) is 6.10. The van der Waals surface area contributed by atoms with Gasteiger partial charge in [0.2, 0.25) is 5.91 Å². The third-order valence-electron chi connectivity index (χ3n) is 9.70. The van der Waals surface area contributed by atoms with Crippen molar-refractivity contribution in [1.82, 2.24) is 10.2 Å². The second-order valence-corrected chi connectivity index (χ2v) is 12.3. The Bertz CT molecular complexity index is 806. The van der Waals surface area contributed by atoms with Gasteiger partial charge in [-0.3, -0.25) is 9.69 Å². The Hall–Kier alpha value is -1.59. The highest BCUT2D eigenvalue weighted by molar-refractivity contribution is 5.93. The number of likely N-dealkylation sites (tertiary alicyclic amines) is 1. The second-order valence-electron chi connectivity index (χ2n) is 12.3. The minimum absolute atomic E-state index is 0.127. The Labute approximate surface area is 220 Å². The summed E-state index contributed by atoms with van der Waals surface area (Å²) in [5, 5.41) is 3.20. The van der Waals surface area contributed by atoms with Crippen LogP contribution < -0.4 is 16.0 Å². The fourth-order valence-corrected chi connectivity index (χ4v) is 7.34. The molecule has 2 saturated heterocycles. The second kappa shape index (κ2) is 12.8. The molecule has 36 heavy (non-hydrogen) atoms. The lowest BCUT2D eigenvalue weighted by atomic mass is 9.74. The van der Waals surface area contributed by atoms with E-state index < -0.39 is 5.54 Å². The zero-order valence-corrected chi connectivity index (χ0v) is 23.3. The minimum atomic E-state index is -0.476. The van der Waals surface area contributed by atoms with Gasteiger partial charge < -0.3 is 16.0 Å². The first-order valence-corrected chi connectivity index (χ1v) is 15.1. The van der Waals surface area contributed by atoms with Crippen molar-refractivity contribution in [2.75, 3.05) is 18.1 Å². The van der Waals surface area contributed by atoms with Crippen LogP contribution in [-0.2, 0) is 4.79 Å². The molecule has 3 fully saturated rings. The molecule has 5 nitrogen and oxygen atoms in total. The maximum Gasteiger partial charge on any atom is 0.247 e. The molecule has 1 amide bonds. The van der Waals surface area contributed by atoms with Crippen molar-refractivity contribution in [3.05, 3.63) is 30.3 Å². The first-order valence-electron chi connectivity index (χ1n) is 15.1. The van der Waals surface area contributed by atoms with Crippen molar-refractivity contribution in [2.24, 2.45) is 17.6 Å². The van der Waals surface area contributed by atoms with Crippen LogP contribution in [0.3, 0.4) is 0 Å². The Morgan fingerprint density at radius 1 is 1.03 bits per heavy atom. The van der Waals surface area contributed by atoms with Gasteiger partial charge in [-0.15, -0.1) is 0 Å². The smallest absolute Gasteiger partial charge is 0.247 e. The van der Waals surface area contributed by atoms with E-state index in [9.17, 15) is 4.79 Å². The number of carbonyl (C=O) groups excluding carboxylic acids is 1. The van der Waals surface area contributed by atoms with E-state index in [1.807, 2.05) is 0 Å². The van der Waals surface area contributed by atoms with Crippen LogP contribution >= 0.6 is 0 Å². The molecular weight excluding hydrogens is 444 g/mol. The molecule has 0 radical (unpaired) electrons. The molecule has 1 spiro atoms. The molecule has 2 heterocycles. The van der Waals surface area contributed by atoms with Gasteiger partial charge in [0.25, 0.3) is 0 Å². The summed E-state index contributed by atoms with van der Waals surface area (Å²) in [7, 11) is 0. The largest absolute Gasteiger partial charge is 0.339 e. The van der Waals surface area contributed by atoms with Gasteiger partial charge in [-0.2, -0.15) is 0 Å². The summed E-state index contributed by atoms with van der Waals surface area (Å²) < 4.78 is 0. The number of hydrogen-bond donors (Lipinski definition) is 2. The van der Waals surface area contributed by atoms with Gasteiger partial charge in [-0.05, 0) is 68.9 Å². The zero-order valence-electron chi connectivity index (χ0n) is 23.3. The van der Waals surface area contributed by atoms with E-state index in [0.717, 1.165) is 43.3 Å². The van der Waals surface area contributed by atoms with Crippen LogP contribution in [0.15, 0.2) is 30.3 Å². The van der Waals surface area contributed by atoms with E-state index in [4.69, 9.17) is 5.73 Å². The van der Waals surface area contributed by atoms with Crippen molar-refractivity contribution in [2.45, 2.75) is 128 Å². The van der Waals surface area contributed by atoms with Gasteiger partial charge in [0, 0.05) is 30.4 Å². The summed E-state index contributed by atoms with van der Waals surface area (Å²) in [6.07, 6.45) is 15.8. The van der Waals surface area contributed by atoms with Crippen LogP contribution in [0.25, 0.3) is 0 Å². The lowest BCUT2D eigenvalue weighted by Crippen LogP contribution is -2.65. The normalized spacial score (nSPS) is 30.2. The Kier molecular flexibility index (Phi) is 9.74. The zero-order chi connectivity index (χ0) is 25.5. The number of piperidine rings is 1. The quantitative estimate of drug-likeness (QED) is 0.365. The molecule has 3 aliphatic rings. The van der Waals surface area contributed by atoms with Crippen molar-refractivity contribution in [3.63, 3.8) is 0 Å². The van der Waals surface area contributed by atoms with Crippen molar-refractivity contribution >= 4 is 11.6 Å². The highest BCUT2D eigenvalue weighted by Gasteiger charge is 2.54. The molecule has 3 atom stereocenters. The molecule has 3 N–H and O–H groups in total. The Morgan fingerprint density at radius 2 is 1.72 bits per heavy atom. The van der Waals surface area contributed by atoms with Gasteiger partial charge in [-0.1, -0.05) is 77.5 Å². The van der Waals surface area contributed by atoms with Crippen molar-refractivity contribution in [1.29, 1.82) is 0 Å². The number of unbranched alkanes of at least 4 members (excludes halogenated alkanes) is 5. The lowest BCUT2D eigenvalue weighted by molar-refractivity contribution is -0.126. The summed E-state index contributed by atoms with van der Waals surface area (Å²) in [5.41, 5.74) is 7.72. The van der Waals surface area contributed by atoms with Crippen molar-refractivity contribution < 1.29 is 4.79 Å². The Balaban J connectivity index is 1.49. The van der Waals surface area contributed by atoms with E-state index in [0.29, 0.717) is 12.7 Å². The van der Waals surface area contributed by atoms with E-state index in [1.54, 1.807) is 0 Å². The number of hydrogen-bond acceptors (Lipinski definition) is 4. The number of anilines is 1. The Morgan fingerprint density at radius 3 is 2.42 bits per heavy atom. The van der Waals surface area contributed by atoms with E-state index in [1.165, 1.54) is 64.2 Å². The number of para-hydroxylation sites is 1. The first kappa shape index (κ1) is 27.4. The highest BCUT2D eigenvalue weighted by Crippen LogP contribution is 2.42. The van der Waals surface area contributed by atoms with Crippen LogP contribution in [0.2, 0.25) is 0 Å². The monoisotopic (exact) mass is 496 g/mol. The number of nitrogens with zero attached hydrogens (tertiary/aromatic N) is 2. The van der Waals surface area contributed by atoms with Crippen LogP contribution in [0.1, 0.15) is 104 Å². The van der Waals surface area contributed by atoms with Crippen LogP contribution in [-0.4, -0.2) is 47.7 Å². The minimum Gasteiger partial charge on any atom is -0.339 e. The number of rotatable bonds is 11. The van der Waals surface area contributed by atoms with Gasteiger partial charge >= 0.3 is 0 Å². The number of nitrogens with two attached hydrogens (primary N) is 1. The third-order valence-corrected chi connectivity index (χ3v) is 9.70. The van der Waals surface area contributed by atoms with E-state index in [2.05, 4.69) is 66.2 Å². The molecule has 202 valence electrons. The van der Waals surface area contributed by atoms with E-state index >= 15 is 0 Å². The molecular formula is C31H52N4O. The highest BCUT2D eigenvalue weighted by atomic mass is 16.2. The molecule has 0 bridgehead atoms. The summed E-state index contributed by atoms with van der Waals surface area (Å²) in [5.74, 6) is 1.84. The number of carbonyl (C=O) groups is 1. The average molecular weight is 497 g/mol. The maximum atomic E-state index is 13.5. The lowest BCUT2D eigenvalue weighted by Gasteiger charge is -2.52. The predicted molar refractivity (Wildman–Crippen MR) is 151 cm³/mol. The van der Waals surface area contributed by atoms with Gasteiger partial charge in [0.1, 0.15) is 5.54 Å². The summed E-state index contributed by atoms with van der Waals surface area (Å²) >= 11 is 0. The molecule has 2 aliphatic heterocycles. The van der Waals surface area contributed by atoms with Crippen LogP contribution in [0.5, 0.6) is 0 Å². The summed E-state index contributed by atoms with van der Waals surface area (Å²) in [6.45, 7) is 8.61. The van der Waals surface area contributed by atoms with Crippen LogP contribution in [0.4, 0.5) is 5.69 Å². The molecule has 1 aliphatic carbocycles. The fraction of sp³-hybridized carbons (Fsp3) is 0.774. The van der Waals surface area contributed by atoms with Gasteiger partial charge in [0.05, 0.1) is 6.67 Å². The standard InChI is InChI=1S/C31H52N4O/c1-4-5-6-7-8-12-15-28(32)29-22-31(30(36)33-23-35(31)27-13-10-9-11-14-27)20-21-34(29)26-18-16-25(17-19-26)24(2)3/h9-11,13-14,24-26,28-29H,4-8,12,15-23,32H2,1-3H3,(H,33,36). The maximum absolute atomic E-state index is 13.5. The summed E-state index contributed by atoms with van der Waals surface area (Å²) in [4.78, 5) is 18.6. The molecule has 3 unspecified atom stereocenters. The van der Waals surface area contributed by atoms with Gasteiger partial charge in [0.15, 0.2) is 0 Å². The summed E-state index contributed by atoms with van der Waals surface area (Å²) in [6, 6.07) is 11.5. The van der Waals surface area contributed by atoms with Crippen molar-refractivity contribution in [3.8, 4) is 0 Å². The molecule has 1 aromatic carbocycles. The fourth-order valence-electron chi connectivity index (χ4n) is 7.34. The topological polar surface area (TPSA) is 61.6 Å². The SMILES string of the molecule is CCCCCCCCC(N)C1CC2(CCN1C1CCC(C(C)C)CC1)C(=O)NCN2c1ccccc1. The van der Waals surface area contributed by atoms with Gasteiger partial charge in [-0.25, -0.2) is 0 Å². The molecule has 1 saturated carbocycles. The molecule has 0 aromatic heterocycles.